The Balaban J connectivity index is 1.59. The lowest BCUT2D eigenvalue weighted by molar-refractivity contribution is -0.122. The van der Waals surface area contributed by atoms with Crippen LogP contribution in [0.2, 0.25) is 0 Å². The Labute approximate surface area is 123 Å². The quantitative estimate of drug-likeness (QED) is 0.871. The van der Waals surface area contributed by atoms with Gasteiger partial charge in [0.15, 0.2) is 0 Å². The molecule has 6 heteroatoms. The second-order valence-corrected chi connectivity index (χ2v) is 5.48. The van der Waals surface area contributed by atoms with Crippen molar-refractivity contribution in [2.24, 2.45) is 13.0 Å². The number of amides is 1. The van der Waals surface area contributed by atoms with Gasteiger partial charge in [-0.25, -0.2) is 4.98 Å². The minimum absolute atomic E-state index is 0.0272. The molecule has 0 radical (unpaired) electrons. The normalized spacial score (nSPS) is 15.7. The van der Waals surface area contributed by atoms with E-state index in [4.69, 9.17) is 0 Å². The second kappa shape index (κ2) is 6.03. The second-order valence-electron chi connectivity index (χ2n) is 5.48. The summed E-state index contributed by atoms with van der Waals surface area (Å²) < 4.78 is 1.98. The van der Waals surface area contributed by atoms with E-state index in [1.165, 1.54) is 0 Å². The standard InChI is InChI=1S/C15H19N5O/c1-20-9-8-18-15(20)14(11-2-3-11)19-13(21)5-4-12-10-16-6-7-17-12/h6-11,14H,2-5H2,1H3,(H,19,21). The Hall–Kier alpha value is -2.24. The van der Waals surface area contributed by atoms with Crippen molar-refractivity contribution in [1.29, 1.82) is 0 Å². The molecular weight excluding hydrogens is 266 g/mol. The molecule has 3 rings (SSSR count). The average Bonchev–Trinajstić information content (AvgIpc) is 3.26. The first-order valence-corrected chi connectivity index (χ1v) is 7.25. The molecule has 6 nitrogen and oxygen atoms in total. The minimum Gasteiger partial charge on any atom is -0.346 e. The molecule has 1 atom stereocenters. The molecule has 1 fully saturated rings. The van der Waals surface area contributed by atoms with Crippen LogP contribution in [0.5, 0.6) is 0 Å². The van der Waals surface area contributed by atoms with Crippen LogP contribution in [0, 0.1) is 5.92 Å². The third kappa shape index (κ3) is 3.45. The summed E-state index contributed by atoms with van der Waals surface area (Å²) in [5, 5.41) is 3.12. The maximum absolute atomic E-state index is 12.2. The van der Waals surface area contributed by atoms with Crippen molar-refractivity contribution in [2.45, 2.75) is 31.7 Å². The molecule has 0 spiro atoms. The van der Waals surface area contributed by atoms with Gasteiger partial charge < -0.3 is 9.88 Å². The minimum atomic E-state index is 0.0272. The fourth-order valence-corrected chi connectivity index (χ4v) is 2.45. The summed E-state index contributed by atoms with van der Waals surface area (Å²) in [6.07, 6.45) is 12.0. The van der Waals surface area contributed by atoms with Crippen molar-refractivity contribution in [3.8, 4) is 0 Å². The maximum atomic E-state index is 12.2. The van der Waals surface area contributed by atoms with E-state index in [1.54, 1.807) is 24.8 Å². The summed E-state index contributed by atoms with van der Waals surface area (Å²) >= 11 is 0. The summed E-state index contributed by atoms with van der Waals surface area (Å²) in [7, 11) is 1.96. The van der Waals surface area contributed by atoms with Gasteiger partial charge >= 0.3 is 0 Å². The molecule has 0 aromatic carbocycles. The van der Waals surface area contributed by atoms with Crippen molar-refractivity contribution in [3.05, 3.63) is 42.5 Å². The van der Waals surface area contributed by atoms with E-state index in [9.17, 15) is 4.79 Å². The first kappa shape index (κ1) is 13.7. The van der Waals surface area contributed by atoms with E-state index >= 15 is 0 Å². The molecule has 21 heavy (non-hydrogen) atoms. The molecule has 1 aliphatic rings. The number of nitrogens with zero attached hydrogens (tertiary/aromatic N) is 4. The maximum Gasteiger partial charge on any atom is 0.220 e. The number of aryl methyl sites for hydroxylation is 2. The fourth-order valence-electron chi connectivity index (χ4n) is 2.45. The monoisotopic (exact) mass is 285 g/mol. The number of nitrogens with one attached hydrogen (secondary N) is 1. The van der Waals surface area contributed by atoms with Crippen LogP contribution >= 0.6 is 0 Å². The molecule has 2 aromatic heterocycles. The Morgan fingerprint density at radius 2 is 2.24 bits per heavy atom. The molecule has 0 aliphatic heterocycles. The number of hydrogen-bond acceptors (Lipinski definition) is 4. The van der Waals surface area contributed by atoms with Gasteiger partial charge in [0, 0.05) is 44.5 Å². The van der Waals surface area contributed by atoms with Gasteiger partial charge in [0.25, 0.3) is 0 Å². The van der Waals surface area contributed by atoms with Gasteiger partial charge in [0.05, 0.1) is 11.7 Å². The highest BCUT2D eigenvalue weighted by atomic mass is 16.1. The van der Waals surface area contributed by atoms with Crippen LogP contribution in [-0.2, 0) is 18.3 Å². The first-order chi connectivity index (χ1) is 10.2. The smallest absolute Gasteiger partial charge is 0.220 e. The highest BCUT2D eigenvalue weighted by Gasteiger charge is 2.35. The summed E-state index contributed by atoms with van der Waals surface area (Å²) in [4.78, 5) is 24.7. The number of imidazole rings is 1. The van der Waals surface area contributed by atoms with Gasteiger partial charge in [0.2, 0.25) is 5.91 Å². The van der Waals surface area contributed by atoms with Crippen LogP contribution in [0.1, 0.15) is 36.8 Å². The van der Waals surface area contributed by atoms with Crippen LogP contribution in [-0.4, -0.2) is 25.4 Å². The zero-order valence-corrected chi connectivity index (χ0v) is 12.1. The molecule has 0 saturated heterocycles. The van der Waals surface area contributed by atoms with Gasteiger partial charge in [-0.2, -0.15) is 0 Å². The van der Waals surface area contributed by atoms with Gasteiger partial charge in [-0.05, 0) is 25.2 Å². The van der Waals surface area contributed by atoms with Crippen LogP contribution < -0.4 is 5.32 Å². The molecule has 0 bridgehead atoms. The van der Waals surface area contributed by atoms with Crippen molar-refractivity contribution in [3.63, 3.8) is 0 Å². The highest BCUT2D eigenvalue weighted by Crippen LogP contribution is 2.40. The SMILES string of the molecule is Cn1ccnc1C(NC(=O)CCc1cnccn1)C1CC1. The molecule has 1 saturated carbocycles. The molecule has 2 heterocycles. The zero-order chi connectivity index (χ0) is 14.7. The average molecular weight is 285 g/mol. The number of rotatable bonds is 6. The predicted molar refractivity (Wildman–Crippen MR) is 77.2 cm³/mol. The Bertz CT molecular complexity index is 606. The van der Waals surface area contributed by atoms with Crippen LogP contribution in [0.15, 0.2) is 31.0 Å². The largest absolute Gasteiger partial charge is 0.346 e. The number of carbonyl (C=O) groups excluding carboxylic acids is 1. The third-order valence-electron chi connectivity index (χ3n) is 3.77. The summed E-state index contributed by atoms with van der Waals surface area (Å²) in [6.45, 7) is 0. The highest BCUT2D eigenvalue weighted by molar-refractivity contribution is 5.76. The lowest BCUT2D eigenvalue weighted by Gasteiger charge is -2.18. The summed E-state index contributed by atoms with van der Waals surface area (Å²) in [5.41, 5.74) is 0.840. The van der Waals surface area contributed by atoms with Gasteiger partial charge in [-0.3, -0.25) is 14.8 Å². The number of hydrogen-bond donors (Lipinski definition) is 1. The first-order valence-electron chi connectivity index (χ1n) is 7.25. The predicted octanol–water partition coefficient (Wildman–Crippen LogP) is 1.41. The Kier molecular flexibility index (Phi) is 3.94. The summed E-state index contributed by atoms with van der Waals surface area (Å²) in [5.74, 6) is 1.50. The van der Waals surface area contributed by atoms with E-state index < -0.39 is 0 Å². The van der Waals surface area contributed by atoms with Crippen molar-refractivity contribution in [1.82, 2.24) is 24.8 Å². The molecule has 1 amide bonds. The third-order valence-corrected chi connectivity index (χ3v) is 3.77. The molecular formula is C15H19N5O. The van der Waals surface area contributed by atoms with Crippen LogP contribution in [0.25, 0.3) is 0 Å². The molecule has 1 aliphatic carbocycles. The van der Waals surface area contributed by atoms with Crippen LogP contribution in [0.3, 0.4) is 0 Å². The lowest BCUT2D eigenvalue weighted by Crippen LogP contribution is -2.31. The van der Waals surface area contributed by atoms with Crippen molar-refractivity contribution >= 4 is 5.91 Å². The number of aromatic nitrogens is 4. The van der Waals surface area contributed by atoms with Gasteiger partial charge in [0.1, 0.15) is 5.82 Å². The topological polar surface area (TPSA) is 72.7 Å². The van der Waals surface area contributed by atoms with Crippen molar-refractivity contribution in [2.75, 3.05) is 0 Å². The molecule has 1 unspecified atom stereocenters. The molecule has 110 valence electrons. The number of carbonyl (C=O) groups is 1. The van der Waals surface area contributed by atoms with E-state index in [1.807, 2.05) is 17.8 Å². The van der Waals surface area contributed by atoms with Crippen molar-refractivity contribution < 1.29 is 4.79 Å². The fraction of sp³-hybridized carbons (Fsp3) is 0.467. The zero-order valence-electron chi connectivity index (χ0n) is 12.1. The summed E-state index contributed by atoms with van der Waals surface area (Å²) in [6, 6.07) is 0.0272. The van der Waals surface area contributed by atoms with Gasteiger partial charge in [-0.1, -0.05) is 0 Å². The van der Waals surface area contributed by atoms with E-state index in [2.05, 4.69) is 20.3 Å². The van der Waals surface area contributed by atoms with Crippen LogP contribution in [0.4, 0.5) is 0 Å². The lowest BCUT2D eigenvalue weighted by atomic mass is 10.1. The molecule has 2 aromatic rings. The van der Waals surface area contributed by atoms with E-state index in [-0.39, 0.29) is 11.9 Å². The Morgan fingerprint density at radius 3 is 2.86 bits per heavy atom. The Morgan fingerprint density at radius 1 is 1.38 bits per heavy atom. The van der Waals surface area contributed by atoms with Gasteiger partial charge in [-0.15, -0.1) is 0 Å². The van der Waals surface area contributed by atoms with E-state index in [0.29, 0.717) is 18.8 Å². The molecule has 1 N–H and O–H groups in total. The van der Waals surface area contributed by atoms with E-state index in [0.717, 1.165) is 24.4 Å².